The van der Waals surface area contributed by atoms with Crippen molar-refractivity contribution >= 4 is 0 Å². The molecule has 102 valence electrons. The zero-order valence-corrected chi connectivity index (χ0v) is 11.7. The molecule has 0 saturated heterocycles. The smallest absolute Gasteiger partial charge is 0.159 e. The molecule has 0 saturated carbocycles. The molecule has 2 nitrogen and oxygen atoms in total. The van der Waals surface area contributed by atoms with Crippen molar-refractivity contribution in [2.24, 2.45) is 0 Å². The van der Waals surface area contributed by atoms with E-state index in [2.05, 4.69) is 24.1 Å². The minimum absolute atomic E-state index is 0.0837. The molecular formula is C14H22F2N2. The molecular weight excluding hydrogens is 234 g/mol. The van der Waals surface area contributed by atoms with Crippen molar-refractivity contribution < 1.29 is 8.78 Å². The summed E-state index contributed by atoms with van der Waals surface area (Å²) in [5.41, 5.74) is 0.711. The molecule has 4 heteroatoms. The number of hydrogen-bond donors (Lipinski definition) is 1. The highest BCUT2D eigenvalue weighted by Gasteiger charge is 2.30. The fourth-order valence-corrected chi connectivity index (χ4v) is 1.92. The molecule has 1 aromatic carbocycles. The van der Waals surface area contributed by atoms with Crippen LogP contribution in [0.4, 0.5) is 8.78 Å². The number of likely N-dealkylation sites (N-methyl/N-ethyl adjacent to an activating group) is 2. The molecule has 1 rings (SSSR count). The molecule has 0 aliphatic rings. The monoisotopic (exact) mass is 256 g/mol. The van der Waals surface area contributed by atoms with E-state index in [0.717, 1.165) is 5.56 Å². The van der Waals surface area contributed by atoms with Gasteiger partial charge in [-0.2, -0.15) is 0 Å². The van der Waals surface area contributed by atoms with Crippen LogP contribution in [-0.2, 0) is 6.42 Å². The summed E-state index contributed by atoms with van der Waals surface area (Å²) >= 11 is 0. The lowest BCUT2D eigenvalue weighted by molar-refractivity contribution is 0.141. The van der Waals surface area contributed by atoms with Crippen molar-refractivity contribution in [1.82, 2.24) is 10.2 Å². The van der Waals surface area contributed by atoms with Crippen LogP contribution in [0.2, 0.25) is 0 Å². The second-order valence-electron chi connectivity index (χ2n) is 5.34. The second kappa shape index (κ2) is 5.76. The van der Waals surface area contributed by atoms with Gasteiger partial charge in [0.05, 0.1) is 0 Å². The highest BCUT2D eigenvalue weighted by molar-refractivity contribution is 5.20. The van der Waals surface area contributed by atoms with Gasteiger partial charge in [-0.05, 0) is 59.1 Å². The Morgan fingerprint density at radius 1 is 1.22 bits per heavy atom. The lowest BCUT2D eigenvalue weighted by atomic mass is 9.88. The molecule has 0 aliphatic heterocycles. The third-order valence-electron chi connectivity index (χ3n) is 3.78. The highest BCUT2D eigenvalue weighted by atomic mass is 19.2. The van der Waals surface area contributed by atoms with E-state index in [0.29, 0.717) is 6.42 Å². The Hall–Kier alpha value is -1.00. The Morgan fingerprint density at radius 2 is 1.83 bits per heavy atom. The molecule has 1 atom stereocenters. The summed E-state index contributed by atoms with van der Waals surface area (Å²) in [7, 11) is 5.90. The van der Waals surface area contributed by atoms with Gasteiger partial charge < -0.3 is 10.2 Å². The van der Waals surface area contributed by atoms with Crippen LogP contribution in [0.15, 0.2) is 18.2 Å². The van der Waals surface area contributed by atoms with Crippen molar-refractivity contribution in [3.05, 3.63) is 35.4 Å². The van der Waals surface area contributed by atoms with Gasteiger partial charge in [-0.25, -0.2) is 8.78 Å². The third kappa shape index (κ3) is 3.27. The van der Waals surface area contributed by atoms with Crippen molar-refractivity contribution in [2.45, 2.75) is 31.8 Å². The van der Waals surface area contributed by atoms with Crippen LogP contribution in [0, 0.1) is 11.6 Å². The summed E-state index contributed by atoms with van der Waals surface area (Å²) in [6.07, 6.45) is 0.652. The van der Waals surface area contributed by atoms with E-state index < -0.39 is 11.6 Å². The number of halogens is 2. The fourth-order valence-electron chi connectivity index (χ4n) is 1.92. The van der Waals surface area contributed by atoms with Gasteiger partial charge in [-0.15, -0.1) is 0 Å². The number of nitrogens with one attached hydrogen (secondary N) is 1. The Balaban J connectivity index is 2.89. The van der Waals surface area contributed by atoms with Crippen LogP contribution in [0.1, 0.15) is 19.4 Å². The van der Waals surface area contributed by atoms with Gasteiger partial charge in [-0.3, -0.25) is 0 Å². The summed E-state index contributed by atoms with van der Waals surface area (Å²) < 4.78 is 26.1. The van der Waals surface area contributed by atoms with Gasteiger partial charge in [-0.1, -0.05) is 6.07 Å². The maximum Gasteiger partial charge on any atom is 0.159 e. The number of benzene rings is 1. The van der Waals surface area contributed by atoms with E-state index in [1.54, 1.807) is 6.07 Å². The van der Waals surface area contributed by atoms with Gasteiger partial charge in [0.15, 0.2) is 11.6 Å². The number of rotatable bonds is 5. The van der Waals surface area contributed by atoms with E-state index in [-0.39, 0.29) is 11.6 Å². The first kappa shape index (κ1) is 15.1. The van der Waals surface area contributed by atoms with E-state index in [1.165, 1.54) is 12.1 Å². The largest absolute Gasteiger partial charge is 0.315 e. The zero-order chi connectivity index (χ0) is 13.9. The quantitative estimate of drug-likeness (QED) is 0.870. The number of hydrogen-bond acceptors (Lipinski definition) is 2. The van der Waals surface area contributed by atoms with Crippen molar-refractivity contribution in [1.29, 1.82) is 0 Å². The van der Waals surface area contributed by atoms with E-state index in [4.69, 9.17) is 0 Å². The molecule has 1 unspecified atom stereocenters. The van der Waals surface area contributed by atoms with Gasteiger partial charge in [0.1, 0.15) is 0 Å². The van der Waals surface area contributed by atoms with Crippen LogP contribution in [0.3, 0.4) is 0 Å². The Morgan fingerprint density at radius 3 is 2.28 bits per heavy atom. The average Bonchev–Trinajstić information content (AvgIpc) is 2.30. The average molecular weight is 256 g/mol. The maximum atomic E-state index is 13.2. The summed E-state index contributed by atoms with van der Waals surface area (Å²) in [5, 5.41) is 3.25. The van der Waals surface area contributed by atoms with Crippen LogP contribution in [0.5, 0.6) is 0 Å². The topological polar surface area (TPSA) is 15.3 Å². The highest BCUT2D eigenvalue weighted by Crippen LogP contribution is 2.20. The molecule has 0 radical (unpaired) electrons. The molecule has 0 spiro atoms. The fraction of sp³-hybridized carbons (Fsp3) is 0.571. The first-order chi connectivity index (χ1) is 8.28. The van der Waals surface area contributed by atoms with Crippen molar-refractivity contribution in [3.8, 4) is 0 Å². The molecule has 1 aromatic rings. The molecule has 0 aromatic heterocycles. The lowest BCUT2D eigenvalue weighted by Gasteiger charge is -2.40. The van der Waals surface area contributed by atoms with Crippen molar-refractivity contribution in [2.75, 3.05) is 21.1 Å². The molecule has 0 amide bonds. The standard InChI is InChI=1S/C14H22F2N2/c1-14(2,18(4)5)13(17-3)9-10-6-7-11(15)12(16)8-10/h6-8,13,17H,9H2,1-5H3. The first-order valence-corrected chi connectivity index (χ1v) is 6.07. The van der Waals surface area contributed by atoms with Gasteiger partial charge >= 0.3 is 0 Å². The summed E-state index contributed by atoms with van der Waals surface area (Å²) in [6.45, 7) is 4.24. The number of nitrogens with zero attached hydrogens (tertiary/aromatic N) is 1. The molecule has 0 fully saturated rings. The molecule has 1 N–H and O–H groups in total. The predicted molar refractivity (Wildman–Crippen MR) is 70.7 cm³/mol. The molecule has 0 heterocycles. The normalized spacial score (nSPS) is 14.0. The Bertz CT molecular complexity index is 403. The third-order valence-corrected chi connectivity index (χ3v) is 3.78. The van der Waals surface area contributed by atoms with Crippen LogP contribution in [0.25, 0.3) is 0 Å². The van der Waals surface area contributed by atoms with Gasteiger partial charge in [0.25, 0.3) is 0 Å². The summed E-state index contributed by atoms with van der Waals surface area (Å²) in [6, 6.07) is 4.23. The van der Waals surface area contributed by atoms with Gasteiger partial charge in [0, 0.05) is 11.6 Å². The zero-order valence-electron chi connectivity index (χ0n) is 11.7. The van der Waals surface area contributed by atoms with E-state index in [9.17, 15) is 8.78 Å². The lowest BCUT2D eigenvalue weighted by Crippen LogP contribution is -2.55. The SMILES string of the molecule is CNC(Cc1ccc(F)c(F)c1)C(C)(C)N(C)C. The Labute approximate surface area is 108 Å². The van der Waals surface area contributed by atoms with Crippen molar-refractivity contribution in [3.63, 3.8) is 0 Å². The summed E-state index contributed by atoms with van der Waals surface area (Å²) in [4.78, 5) is 2.12. The van der Waals surface area contributed by atoms with Gasteiger partial charge in [0.2, 0.25) is 0 Å². The van der Waals surface area contributed by atoms with Crippen LogP contribution < -0.4 is 5.32 Å². The summed E-state index contributed by atoms with van der Waals surface area (Å²) in [5.74, 6) is -1.59. The minimum atomic E-state index is -0.799. The predicted octanol–water partition coefficient (Wildman–Crippen LogP) is 2.44. The van der Waals surface area contributed by atoms with Crippen LogP contribution in [-0.4, -0.2) is 37.6 Å². The maximum absolute atomic E-state index is 13.2. The second-order valence-corrected chi connectivity index (χ2v) is 5.34. The van der Waals surface area contributed by atoms with E-state index in [1.807, 2.05) is 21.1 Å². The van der Waals surface area contributed by atoms with Crippen LogP contribution >= 0.6 is 0 Å². The Kier molecular flexibility index (Phi) is 4.82. The molecule has 18 heavy (non-hydrogen) atoms. The molecule has 0 bridgehead atoms. The van der Waals surface area contributed by atoms with E-state index >= 15 is 0 Å². The first-order valence-electron chi connectivity index (χ1n) is 6.07. The molecule has 0 aliphatic carbocycles. The minimum Gasteiger partial charge on any atom is -0.315 e.